The first-order chi connectivity index (χ1) is 10.5. The van der Waals surface area contributed by atoms with Gasteiger partial charge in [-0.3, -0.25) is 0 Å². The molecule has 3 aromatic rings. The van der Waals surface area contributed by atoms with Gasteiger partial charge in [0.1, 0.15) is 10.5 Å². The average Bonchev–Trinajstić information content (AvgIpc) is 2.91. The molecule has 0 amide bonds. The van der Waals surface area contributed by atoms with Gasteiger partial charge < -0.3 is 4.98 Å². The van der Waals surface area contributed by atoms with Crippen LogP contribution < -0.4 is 4.72 Å². The normalized spacial score (nSPS) is 11.9. The number of nitrogens with zero attached hydrogens (tertiary/aromatic N) is 1. The Balaban J connectivity index is 1.88. The van der Waals surface area contributed by atoms with Crippen LogP contribution in [-0.2, 0) is 16.6 Å². The van der Waals surface area contributed by atoms with Crippen LogP contribution in [0.15, 0.2) is 47.6 Å². The first-order valence-corrected chi connectivity index (χ1v) is 8.50. The van der Waals surface area contributed by atoms with Crippen molar-refractivity contribution in [2.45, 2.75) is 18.4 Å². The van der Waals surface area contributed by atoms with Crippen LogP contribution in [0.5, 0.6) is 0 Å². The third-order valence-electron chi connectivity index (χ3n) is 3.37. The molecule has 114 valence electrons. The van der Waals surface area contributed by atoms with E-state index in [9.17, 15) is 8.42 Å². The van der Waals surface area contributed by atoms with Crippen LogP contribution in [0.25, 0.3) is 11.0 Å². The zero-order valence-electron chi connectivity index (χ0n) is 11.8. The summed E-state index contributed by atoms with van der Waals surface area (Å²) in [5.41, 5.74) is 2.39. The van der Waals surface area contributed by atoms with E-state index in [1.807, 2.05) is 19.1 Å². The van der Waals surface area contributed by atoms with Gasteiger partial charge >= 0.3 is 0 Å². The van der Waals surface area contributed by atoms with Crippen molar-refractivity contribution in [2.24, 2.45) is 0 Å². The Kier molecular flexibility index (Phi) is 3.90. The minimum Gasteiger partial charge on any atom is -0.346 e. The number of aryl methyl sites for hydroxylation is 1. The van der Waals surface area contributed by atoms with E-state index in [0.29, 0.717) is 0 Å². The van der Waals surface area contributed by atoms with E-state index in [1.54, 1.807) is 30.6 Å². The molecular weight excluding hydrogens is 322 g/mol. The number of pyridine rings is 1. The maximum absolute atomic E-state index is 12.4. The van der Waals surface area contributed by atoms with E-state index in [2.05, 4.69) is 14.7 Å². The van der Waals surface area contributed by atoms with Crippen molar-refractivity contribution < 1.29 is 8.42 Å². The molecule has 0 fully saturated rings. The van der Waals surface area contributed by atoms with Crippen LogP contribution >= 0.6 is 11.6 Å². The molecule has 0 aliphatic heterocycles. The summed E-state index contributed by atoms with van der Waals surface area (Å²) in [5.74, 6) is 0. The Morgan fingerprint density at radius 1 is 1.32 bits per heavy atom. The highest BCUT2D eigenvalue weighted by atomic mass is 35.5. The molecule has 0 saturated heterocycles. The van der Waals surface area contributed by atoms with Gasteiger partial charge in [0, 0.05) is 24.3 Å². The zero-order chi connectivity index (χ0) is 15.7. The number of nitrogens with one attached hydrogen (secondary N) is 2. The number of aromatic nitrogens is 2. The van der Waals surface area contributed by atoms with Gasteiger partial charge in [0.25, 0.3) is 0 Å². The molecular formula is C15H14ClN3O2S. The van der Waals surface area contributed by atoms with Crippen molar-refractivity contribution in [3.8, 4) is 0 Å². The Labute approximate surface area is 133 Å². The third kappa shape index (κ3) is 2.85. The average molecular weight is 336 g/mol. The number of rotatable bonds is 4. The molecule has 2 aromatic heterocycles. The lowest BCUT2D eigenvalue weighted by Gasteiger charge is -2.08. The lowest BCUT2D eigenvalue weighted by molar-refractivity contribution is 0.581. The molecule has 5 nitrogen and oxygen atoms in total. The lowest BCUT2D eigenvalue weighted by atomic mass is 10.2. The molecule has 3 rings (SSSR count). The fourth-order valence-corrected chi connectivity index (χ4v) is 3.82. The molecule has 2 heterocycles. The number of benzene rings is 1. The largest absolute Gasteiger partial charge is 0.346 e. The van der Waals surface area contributed by atoms with Crippen molar-refractivity contribution >= 4 is 32.7 Å². The maximum atomic E-state index is 12.4. The molecule has 22 heavy (non-hydrogen) atoms. The number of hydrogen-bond acceptors (Lipinski definition) is 3. The molecule has 0 aliphatic rings. The molecule has 7 heteroatoms. The standard InChI is InChI=1S/C15H14ClN3O2S/c1-10-4-5-13(16)14(7-10)22(20,21)19-9-11-8-18-15-12(11)3-2-6-17-15/h2-8,19H,9H2,1H3,(H,17,18). The molecule has 0 spiro atoms. The van der Waals surface area contributed by atoms with E-state index in [4.69, 9.17) is 11.6 Å². The number of H-pyrrole nitrogens is 1. The van der Waals surface area contributed by atoms with Crippen LogP contribution in [0.4, 0.5) is 0 Å². The van der Waals surface area contributed by atoms with Crippen molar-refractivity contribution in [1.82, 2.24) is 14.7 Å². The minimum absolute atomic E-state index is 0.0899. The van der Waals surface area contributed by atoms with E-state index < -0.39 is 10.0 Å². The molecule has 0 radical (unpaired) electrons. The fourth-order valence-electron chi connectivity index (χ4n) is 2.23. The second-order valence-corrected chi connectivity index (χ2v) is 7.11. The molecule has 0 unspecified atom stereocenters. The second-order valence-electron chi connectivity index (χ2n) is 4.97. The van der Waals surface area contributed by atoms with Gasteiger partial charge in [0.2, 0.25) is 10.0 Å². The van der Waals surface area contributed by atoms with Crippen molar-refractivity contribution in [2.75, 3.05) is 0 Å². The highest BCUT2D eigenvalue weighted by Gasteiger charge is 2.18. The second kappa shape index (κ2) is 5.72. The third-order valence-corrected chi connectivity index (χ3v) is 5.25. The molecule has 1 aromatic carbocycles. The lowest BCUT2D eigenvalue weighted by Crippen LogP contribution is -2.23. The number of aromatic amines is 1. The predicted octanol–water partition coefficient (Wildman–Crippen LogP) is 3.00. The number of fused-ring (bicyclic) bond motifs is 1. The zero-order valence-corrected chi connectivity index (χ0v) is 13.4. The summed E-state index contributed by atoms with van der Waals surface area (Å²) in [5, 5.41) is 1.10. The van der Waals surface area contributed by atoms with Gasteiger partial charge in [-0.05, 0) is 42.3 Å². The highest BCUT2D eigenvalue weighted by Crippen LogP contribution is 2.23. The van der Waals surface area contributed by atoms with Crippen LogP contribution in [0.2, 0.25) is 5.02 Å². The summed E-state index contributed by atoms with van der Waals surface area (Å²) in [6.45, 7) is 1.99. The smallest absolute Gasteiger partial charge is 0.242 e. The number of hydrogen-bond donors (Lipinski definition) is 2. The Morgan fingerprint density at radius 3 is 2.95 bits per heavy atom. The van der Waals surface area contributed by atoms with Gasteiger partial charge in [-0.2, -0.15) is 0 Å². The van der Waals surface area contributed by atoms with Gasteiger partial charge in [0.15, 0.2) is 0 Å². The monoisotopic (exact) mass is 335 g/mol. The van der Waals surface area contributed by atoms with Gasteiger partial charge in [-0.25, -0.2) is 18.1 Å². The van der Waals surface area contributed by atoms with Gasteiger partial charge in [0.05, 0.1) is 5.02 Å². The van der Waals surface area contributed by atoms with Crippen LogP contribution in [0.1, 0.15) is 11.1 Å². The Hall–Kier alpha value is -1.89. The fraction of sp³-hybridized carbons (Fsp3) is 0.133. The first kappa shape index (κ1) is 15.0. The maximum Gasteiger partial charge on any atom is 0.242 e. The summed E-state index contributed by atoms with van der Waals surface area (Å²) in [7, 11) is -3.67. The minimum atomic E-state index is -3.67. The van der Waals surface area contributed by atoms with E-state index in [1.165, 1.54) is 0 Å². The number of sulfonamides is 1. The molecule has 0 aliphatic carbocycles. The van der Waals surface area contributed by atoms with Crippen LogP contribution in [0.3, 0.4) is 0 Å². The highest BCUT2D eigenvalue weighted by molar-refractivity contribution is 7.89. The predicted molar refractivity (Wildman–Crippen MR) is 86.3 cm³/mol. The number of halogens is 1. The quantitative estimate of drug-likeness (QED) is 0.769. The van der Waals surface area contributed by atoms with E-state index >= 15 is 0 Å². The molecule has 0 bridgehead atoms. The topological polar surface area (TPSA) is 74.8 Å². The van der Waals surface area contributed by atoms with E-state index in [-0.39, 0.29) is 16.5 Å². The van der Waals surface area contributed by atoms with Crippen molar-refractivity contribution in [3.63, 3.8) is 0 Å². The first-order valence-electron chi connectivity index (χ1n) is 6.64. The molecule has 2 N–H and O–H groups in total. The SMILES string of the molecule is Cc1ccc(Cl)c(S(=O)(=O)NCc2c[nH]c3ncccc23)c1. The van der Waals surface area contributed by atoms with Crippen molar-refractivity contribution in [3.05, 3.63) is 58.9 Å². The summed E-state index contributed by atoms with van der Waals surface area (Å²) in [6, 6.07) is 8.61. The summed E-state index contributed by atoms with van der Waals surface area (Å²) < 4.78 is 27.4. The van der Waals surface area contributed by atoms with Gasteiger partial charge in [-0.15, -0.1) is 0 Å². The molecule has 0 saturated carbocycles. The Morgan fingerprint density at radius 2 is 2.14 bits per heavy atom. The molecule has 0 atom stereocenters. The van der Waals surface area contributed by atoms with Crippen LogP contribution in [-0.4, -0.2) is 18.4 Å². The summed E-state index contributed by atoms with van der Waals surface area (Å²) in [4.78, 5) is 7.28. The Bertz CT molecular complexity index is 935. The van der Waals surface area contributed by atoms with Crippen molar-refractivity contribution in [1.29, 1.82) is 0 Å². The van der Waals surface area contributed by atoms with Gasteiger partial charge in [-0.1, -0.05) is 17.7 Å². The van der Waals surface area contributed by atoms with E-state index in [0.717, 1.165) is 22.2 Å². The summed E-state index contributed by atoms with van der Waals surface area (Å²) in [6.07, 6.45) is 3.43. The van der Waals surface area contributed by atoms with Crippen LogP contribution in [0, 0.1) is 6.92 Å². The summed E-state index contributed by atoms with van der Waals surface area (Å²) >= 11 is 6.00.